The lowest BCUT2D eigenvalue weighted by Crippen LogP contribution is -2.11. The maximum Gasteiger partial charge on any atom is 0.340 e. The van der Waals surface area contributed by atoms with Crippen LogP contribution in [0.5, 0.6) is 5.75 Å². The van der Waals surface area contributed by atoms with Crippen molar-refractivity contribution in [2.24, 2.45) is 5.11 Å². The first kappa shape index (κ1) is 18.0. The summed E-state index contributed by atoms with van der Waals surface area (Å²) in [6, 6.07) is 8.78. The molecule has 1 N–H and O–H groups in total. The van der Waals surface area contributed by atoms with Crippen molar-refractivity contribution in [3.63, 3.8) is 0 Å². The van der Waals surface area contributed by atoms with E-state index in [4.69, 9.17) is 21.3 Å². The first-order valence-corrected chi connectivity index (χ1v) is 9.23. The van der Waals surface area contributed by atoms with Crippen molar-refractivity contribution in [1.82, 2.24) is 0 Å². The maximum absolute atomic E-state index is 12.3. The van der Waals surface area contributed by atoms with Crippen molar-refractivity contribution in [3.05, 3.63) is 57.9 Å². The van der Waals surface area contributed by atoms with E-state index in [0.717, 1.165) is 6.07 Å². The lowest BCUT2D eigenvalue weighted by atomic mass is 10.3. The molecule has 12 heteroatoms. The molecule has 0 saturated heterocycles. The van der Waals surface area contributed by atoms with Crippen LogP contribution in [-0.4, -0.2) is 21.4 Å². The highest BCUT2D eigenvalue weighted by Crippen LogP contribution is 2.34. The zero-order valence-corrected chi connectivity index (χ0v) is 14.0. The average molecular weight is 390 g/mol. The van der Waals surface area contributed by atoms with Crippen molar-refractivity contribution in [2.45, 2.75) is 9.79 Å². The van der Waals surface area contributed by atoms with E-state index in [1.165, 1.54) is 24.3 Å². The van der Waals surface area contributed by atoms with Gasteiger partial charge in [0.1, 0.15) is 15.5 Å². The minimum Gasteiger partial charge on any atom is -0.379 e. The Labute approximate surface area is 142 Å². The molecule has 0 radical (unpaired) electrons. The fourth-order valence-corrected chi connectivity index (χ4v) is 3.86. The fraction of sp³-hybridized carbons (Fsp3) is 0. The summed E-state index contributed by atoms with van der Waals surface area (Å²) < 4.78 is 61.3. The van der Waals surface area contributed by atoms with Crippen LogP contribution in [0, 0.1) is 0 Å². The second-order valence-corrected chi connectivity index (χ2v) is 7.58. The lowest BCUT2D eigenvalue weighted by molar-refractivity contribution is 0.482. The highest BCUT2D eigenvalue weighted by atomic mass is 35.5. The van der Waals surface area contributed by atoms with E-state index in [2.05, 4.69) is 10.0 Å². The summed E-state index contributed by atoms with van der Waals surface area (Å²) >= 11 is 5.82. The number of halogens is 1. The predicted octanol–water partition coefficient (Wildman–Crippen LogP) is 3.30. The Hall–Kier alpha value is -2.30. The van der Waals surface area contributed by atoms with Crippen LogP contribution < -0.4 is 4.18 Å². The van der Waals surface area contributed by atoms with Crippen molar-refractivity contribution in [2.75, 3.05) is 0 Å². The molecule has 2 rings (SSSR count). The van der Waals surface area contributed by atoms with Crippen molar-refractivity contribution in [1.29, 1.82) is 0 Å². The Morgan fingerprint density at radius 2 is 1.71 bits per heavy atom. The van der Waals surface area contributed by atoms with Crippen LogP contribution >= 0.6 is 11.6 Å². The predicted molar refractivity (Wildman–Crippen MR) is 84.3 cm³/mol. The number of para-hydroxylation sites is 1. The molecule has 0 spiro atoms. The molecule has 0 aromatic heterocycles. The Bertz CT molecular complexity index is 1030. The van der Waals surface area contributed by atoms with Crippen LogP contribution in [0.15, 0.2) is 57.4 Å². The molecular formula is C12H8ClN3O6S2. The van der Waals surface area contributed by atoms with Crippen LogP contribution in [0.2, 0.25) is 5.02 Å². The summed E-state index contributed by atoms with van der Waals surface area (Å²) in [5.41, 5.74) is 7.87. The average Bonchev–Trinajstić information content (AvgIpc) is 2.46. The summed E-state index contributed by atoms with van der Waals surface area (Å²) in [5.74, 6) is -0.0268. The van der Waals surface area contributed by atoms with E-state index in [-0.39, 0.29) is 5.75 Å². The van der Waals surface area contributed by atoms with Crippen LogP contribution in [0.1, 0.15) is 0 Å². The van der Waals surface area contributed by atoms with Gasteiger partial charge in [-0.15, -0.1) is 0 Å². The fourth-order valence-electron chi connectivity index (χ4n) is 1.70. The third kappa shape index (κ3) is 3.96. The highest BCUT2D eigenvalue weighted by Gasteiger charge is 2.26. The van der Waals surface area contributed by atoms with E-state index in [1.807, 2.05) is 0 Å². The minimum absolute atomic E-state index is 0.0268. The molecular weight excluding hydrogens is 382 g/mol. The summed E-state index contributed by atoms with van der Waals surface area (Å²) in [4.78, 5) is 0.764. The zero-order valence-electron chi connectivity index (χ0n) is 11.6. The van der Waals surface area contributed by atoms with Gasteiger partial charge in [0.25, 0.3) is 10.1 Å². The third-order valence-electron chi connectivity index (χ3n) is 2.66. The summed E-state index contributed by atoms with van der Waals surface area (Å²) in [6.45, 7) is 0. The summed E-state index contributed by atoms with van der Waals surface area (Å²) in [7, 11) is -9.37. The van der Waals surface area contributed by atoms with Gasteiger partial charge in [-0.3, -0.25) is 4.55 Å². The first-order chi connectivity index (χ1) is 11.1. The first-order valence-electron chi connectivity index (χ1n) is 6.01. The monoisotopic (exact) mass is 389 g/mol. The number of hydrogen-bond acceptors (Lipinski definition) is 6. The molecule has 0 unspecified atom stereocenters. The van der Waals surface area contributed by atoms with E-state index in [0.29, 0.717) is 6.07 Å². The molecule has 9 nitrogen and oxygen atoms in total. The number of azide groups is 1. The summed E-state index contributed by atoms with van der Waals surface area (Å²) in [6.07, 6.45) is 0. The number of benzene rings is 2. The number of rotatable bonds is 5. The van der Waals surface area contributed by atoms with Crippen LogP contribution in [0.3, 0.4) is 0 Å². The highest BCUT2D eigenvalue weighted by molar-refractivity contribution is 7.87. The molecule has 0 bridgehead atoms. The van der Waals surface area contributed by atoms with E-state index >= 15 is 0 Å². The van der Waals surface area contributed by atoms with Gasteiger partial charge in [-0.2, -0.15) is 16.8 Å². The molecule has 0 aliphatic carbocycles. The Kier molecular flexibility index (Phi) is 5.02. The zero-order chi connectivity index (χ0) is 18.0. The smallest absolute Gasteiger partial charge is 0.340 e. The van der Waals surface area contributed by atoms with Gasteiger partial charge in [-0.25, -0.2) is 0 Å². The van der Waals surface area contributed by atoms with Gasteiger partial charge in [0.2, 0.25) is 0 Å². The summed E-state index contributed by atoms with van der Waals surface area (Å²) in [5, 5.41) is 2.62. The SMILES string of the molecule is [N-]=[N+]=Nc1cc(Cl)c(S(=O)(=O)Oc2ccccc2)cc1S(=O)(=O)O. The van der Waals surface area contributed by atoms with E-state index in [1.54, 1.807) is 6.07 Å². The molecule has 126 valence electrons. The molecule has 0 fully saturated rings. The van der Waals surface area contributed by atoms with Gasteiger partial charge in [0, 0.05) is 4.91 Å². The van der Waals surface area contributed by atoms with Crippen molar-refractivity contribution >= 4 is 37.5 Å². The topological polar surface area (TPSA) is 146 Å². The molecule has 2 aromatic rings. The Balaban J connectivity index is 2.64. The second-order valence-electron chi connectivity index (χ2n) is 4.27. The van der Waals surface area contributed by atoms with Gasteiger partial charge in [0.15, 0.2) is 0 Å². The molecule has 0 aliphatic heterocycles. The van der Waals surface area contributed by atoms with Crippen molar-refractivity contribution in [3.8, 4) is 5.75 Å². The molecule has 0 aliphatic rings. The largest absolute Gasteiger partial charge is 0.379 e. The quantitative estimate of drug-likeness (QED) is 0.273. The van der Waals surface area contributed by atoms with Crippen LogP contribution in [-0.2, 0) is 20.2 Å². The van der Waals surface area contributed by atoms with Crippen LogP contribution in [0.25, 0.3) is 10.4 Å². The van der Waals surface area contributed by atoms with Gasteiger partial charge < -0.3 is 4.18 Å². The lowest BCUT2D eigenvalue weighted by Gasteiger charge is -2.11. The third-order valence-corrected chi connectivity index (χ3v) is 5.26. The normalized spacial score (nSPS) is 11.6. The molecule has 24 heavy (non-hydrogen) atoms. The van der Waals surface area contributed by atoms with Gasteiger partial charge in [-0.05, 0) is 29.8 Å². The van der Waals surface area contributed by atoms with E-state index in [9.17, 15) is 21.4 Å². The standard InChI is InChI=1S/C12H8ClN3O6S2/c13-9-6-10(15-16-14)12(23(17,18)19)7-11(9)24(20,21)22-8-4-2-1-3-5-8/h1-7H,(H,17,18,19). The molecule has 0 heterocycles. The molecule has 2 aromatic carbocycles. The van der Waals surface area contributed by atoms with Gasteiger partial charge in [-0.1, -0.05) is 34.9 Å². The van der Waals surface area contributed by atoms with Crippen LogP contribution in [0.4, 0.5) is 5.69 Å². The number of hydrogen-bond donors (Lipinski definition) is 1. The minimum atomic E-state index is -4.87. The molecule has 0 amide bonds. The molecule has 0 saturated carbocycles. The maximum atomic E-state index is 12.3. The number of nitrogens with zero attached hydrogens (tertiary/aromatic N) is 3. The Morgan fingerprint density at radius 1 is 1.08 bits per heavy atom. The second kappa shape index (κ2) is 6.67. The van der Waals surface area contributed by atoms with E-state index < -0.39 is 40.7 Å². The van der Waals surface area contributed by atoms with Gasteiger partial charge in [0.05, 0.1) is 10.7 Å². The Morgan fingerprint density at radius 3 is 2.25 bits per heavy atom. The van der Waals surface area contributed by atoms with Gasteiger partial charge >= 0.3 is 10.1 Å². The molecule has 0 atom stereocenters. The van der Waals surface area contributed by atoms with Crippen molar-refractivity contribution < 1.29 is 25.6 Å².